The average molecular weight is 170 g/mol. The van der Waals surface area contributed by atoms with Crippen molar-refractivity contribution in [2.24, 2.45) is 0 Å². The Morgan fingerprint density at radius 3 is 3.00 bits per heavy atom. The first-order valence-electron chi connectivity index (χ1n) is 4.00. The van der Waals surface area contributed by atoms with Gasteiger partial charge in [0, 0.05) is 6.54 Å². The summed E-state index contributed by atoms with van der Waals surface area (Å²) in [6, 6.07) is 0.0610. The zero-order valence-corrected chi connectivity index (χ0v) is 7.37. The molecule has 0 saturated heterocycles. The molecule has 2 N–H and O–H groups in total. The quantitative estimate of drug-likeness (QED) is 0.695. The number of aromatic nitrogens is 1. The molecule has 0 saturated carbocycles. The molecule has 0 aromatic carbocycles. The highest BCUT2D eigenvalue weighted by atomic mass is 16.4. The van der Waals surface area contributed by atoms with Crippen LogP contribution >= 0.6 is 0 Å². The van der Waals surface area contributed by atoms with Gasteiger partial charge in [-0.1, -0.05) is 0 Å². The number of aliphatic hydroxyl groups excluding tert-OH is 1. The van der Waals surface area contributed by atoms with E-state index in [-0.39, 0.29) is 12.6 Å². The molecule has 4 heteroatoms. The summed E-state index contributed by atoms with van der Waals surface area (Å²) in [4.78, 5) is 4.06. The predicted molar refractivity (Wildman–Crippen MR) is 44.7 cm³/mol. The Morgan fingerprint density at radius 1 is 1.75 bits per heavy atom. The highest BCUT2D eigenvalue weighted by Gasteiger charge is 2.09. The Labute approximate surface area is 71.6 Å². The fourth-order valence-electron chi connectivity index (χ4n) is 0.941. The monoisotopic (exact) mass is 170 g/mol. The van der Waals surface area contributed by atoms with Crippen LogP contribution in [0.3, 0.4) is 0 Å². The molecular weight excluding hydrogens is 156 g/mol. The van der Waals surface area contributed by atoms with Crippen LogP contribution in [0.1, 0.15) is 24.6 Å². The average Bonchev–Trinajstić information content (AvgIpc) is 2.47. The summed E-state index contributed by atoms with van der Waals surface area (Å²) in [5, 5.41) is 11.6. The summed E-state index contributed by atoms with van der Waals surface area (Å²) in [7, 11) is 0. The van der Waals surface area contributed by atoms with E-state index in [0.29, 0.717) is 12.4 Å². The predicted octanol–water partition coefficient (Wildman–Crippen LogP) is 0.626. The molecule has 0 fully saturated rings. The third-order valence-electron chi connectivity index (χ3n) is 1.57. The van der Waals surface area contributed by atoms with Crippen LogP contribution in [0.2, 0.25) is 0 Å². The number of rotatable bonds is 4. The molecule has 0 aliphatic rings. The van der Waals surface area contributed by atoms with Crippen molar-refractivity contribution >= 4 is 0 Å². The van der Waals surface area contributed by atoms with Crippen LogP contribution in [0.5, 0.6) is 0 Å². The second-order valence-electron chi connectivity index (χ2n) is 2.71. The number of hydrogen-bond acceptors (Lipinski definition) is 4. The topological polar surface area (TPSA) is 58.3 Å². The minimum atomic E-state index is 0.0610. The number of nitrogens with one attached hydrogen (secondary N) is 1. The van der Waals surface area contributed by atoms with Crippen LogP contribution < -0.4 is 5.32 Å². The second-order valence-corrected chi connectivity index (χ2v) is 2.71. The van der Waals surface area contributed by atoms with Crippen LogP contribution in [0, 0.1) is 6.92 Å². The zero-order chi connectivity index (χ0) is 8.97. The molecule has 0 aliphatic heterocycles. The number of aliphatic hydroxyl groups is 1. The van der Waals surface area contributed by atoms with Gasteiger partial charge in [-0.2, -0.15) is 0 Å². The maximum atomic E-state index is 8.55. The fourth-order valence-corrected chi connectivity index (χ4v) is 0.941. The Morgan fingerprint density at radius 2 is 2.50 bits per heavy atom. The maximum absolute atomic E-state index is 8.55. The highest BCUT2D eigenvalue weighted by Crippen LogP contribution is 2.10. The minimum Gasteiger partial charge on any atom is -0.444 e. The Balaban J connectivity index is 2.47. The molecule has 1 unspecified atom stereocenters. The molecule has 0 bridgehead atoms. The van der Waals surface area contributed by atoms with Crippen LogP contribution in [0.4, 0.5) is 0 Å². The van der Waals surface area contributed by atoms with Crippen molar-refractivity contribution in [3.05, 3.63) is 17.8 Å². The van der Waals surface area contributed by atoms with E-state index in [9.17, 15) is 0 Å². The summed E-state index contributed by atoms with van der Waals surface area (Å²) in [5.74, 6) is 1.48. The first-order valence-corrected chi connectivity index (χ1v) is 4.00. The lowest BCUT2D eigenvalue weighted by atomic mass is 10.3. The highest BCUT2D eigenvalue weighted by molar-refractivity contribution is 4.94. The van der Waals surface area contributed by atoms with E-state index in [1.807, 2.05) is 13.8 Å². The Kier molecular flexibility index (Phi) is 3.25. The zero-order valence-electron chi connectivity index (χ0n) is 7.37. The van der Waals surface area contributed by atoms with Crippen molar-refractivity contribution in [3.8, 4) is 0 Å². The molecule has 1 atom stereocenters. The van der Waals surface area contributed by atoms with Crippen molar-refractivity contribution < 1.29 is 9.52 Å². The molecule has 0 aliphatic carbocycles. The smallest absolute Gasteiger partial charge is 0.211 e. The summed E-state index contributed by atoms with van der Waals surface area (Å²) in [6.07, 6.45) is 1.69. The summed E-state index contributed by atoms with van der Waals surface area (Å²) in [6.45, 7) is 4.49. The maximum Gasteiger partial charge on any atom is 0.211 e. The van der Waals surface area contributed by atoms with Crippen molar-refractivity contribution in [1.82, 2.24) is 10.3 Å². The molecule has 1 heterocycles. The first-order chi connectivity index (χ1) is 5.74. The molecular formula is C8H14N2O2. The lowest BCUT2D eigenvalue weighted by molar-refractivity contribution is 0.280. The molecule has 0 amide bonds. The van der Waals surface area contributed by atoms with E-state index >= 15 is 0 Å². The van der Waals surface area contributed by atoms with E-state index in [0.717, 1.165) is 5.76 Å². The van der Waals surface area contributed by atoms with Gasteiger partial charge in [-0.3, -0.25) is 0 Å². The van der Waals surface area contributed by atoms with Crippen molar-refractivity contribution in [2.75, 3.05) is 13.2 Å². The number of aryl methyl sites for hydroxylation is 1. The van der Waals surface area contributed by atoms with Gasteiger partial charge in [0.05, 0.1) is 18.8 Å². The van der Waals surface area contributed by atoms with Crippen LogP contribution in [-0.2, 0) is 0 Å². The molecule has 0 radical (unpaired) electrons. The SMILES string of the molecule is Cc1cnc(C(C)NCCO)o1. The van der Waals surface area contributed by atoms with E-state index in [4.69, 9.17) is 9.52 Å². The Hall–Kier alpha value is -0.870. The summed E-state index contributed by atoms with van der Waals surface area (Å²) >= 11 is 0. The van der Waals surface area contributed by atoms with Gasteiger partial charge in [0.1, 0.15) is 5.76 Å². The minimum absolute atomic E-state index is 0.0610. The van der Waals surface area contributed by atoms with Crippen LogP contribution in [0.25, 0.3) is 0 Å². The summed E-state index contributed by atoms with van der Waals surface area (Å²) in [5.41, 5.74) is 0. The number of oxazole rings is 1. The molecule has 1 aromatic rings. The van der Waals surface area contributed by atoms with Gasteiger partial charge in [-0.15, -0.1) is 0 Å². The lowest BCUT2D eigenvalue weighted by Crippen LogP contribution is -2.22. The van der Waals surface area contributed by atoms with Crippen molar-refractivity contribution in [3.63, 3.8) is 0 Å². The second kappa shape index (κ2) is 4.23. The number of hydrogen-bond donors (Lipinski definition) is 2. The van der Waals surface area contributed by atoms with Crippen molar-refractivity contribution in [1.29, 1.82) is 0 Å². The van der Waals surface area contributed by atoms with E-state index in [1.54, 1.807) is 6.20 Å². The van der Waals surface area contributed by atoms with E-state index in [1.165, 1.54) is 0 Å². The van der Waals surface area contributed by atoms with Gasteiger partial charge in [-0.25, -0.2) is 4.98 Å². The Bertz CT molecular complexity index is 235. The number of nitrogens with zero attached hydrogens (tertiary/aromatic N) is 1. The van der Waals surface area contributed by atoms with Crippen LogP contribution in [-0.4, -0.2) is 23.2 Å². The first kappa shape index (κ1) is 9.22. The van der Waals surface area contributed by atoms with E-state index < -0.39 is 0 Å². The van der Waals surface area contributed by atoms with E-state index in [2.05, 4.69) is 10.3 Å². The van der Waals surface area contributed by atoms with Gasteiger partial charge in [-0.05, 0) is 13.8 Å². The third kappa shape index (κ3) is 2.32. The molecule has 4 nitrogen and oxygen atoms in total. The van der Waals surface area contributed by atoms with Gasteiger partial charge < -0.3 is 14.8 Å². The molecule has 1 rings (SSSR count). The van der Waals surface area contributed by atoms with Gasteiger partial charge >= 0.3 is 0 Å². The molecule has 0 spiro atoms. The van der Waals surface area contributed by atoms with Crippen LogP contribution in [0.15, 0.2) is 10.6 Å². The normalized spacial score (nSPS) is 13.2. The lowest BCUT2D eigenvalue weighted by Gasteiger charge is -2.07. The third-order valence-corrected chi connectivity index (χ3v) is 1.57. The van der Waals surface area contributed by atoms with Gasteiger partial charge in [0.15, 0.2) is 0 Å². The molecule has 12 heavy (non-hydrogen) atoms. The van der Waals surface area contributed by atoms with Gasteiger partial charge in [0.25, 0.3) is 0 Å². The largest absolute Gasteiger partial charge is 0.444 e. The van der Waals surface area contributed by atoms with Gasteiger partial charge in [0.2, 0.25) is 5.89 Å². The standard InChI is InChI=1S/C8H14N2O2/c1-6-5-10-8(12-6)7(2)9-3-4-11/h5,7,9,11H,3-4H2,1-2H3. The molecule has 1 aromatic heterocycles. The van der Waals surface area contributed by atoms with Crippen molar-refractivity contribution in [2.45, 2.75) is 19.9 Å². The fraction of sp³-hybridized carbons (Fsp3) is 0.625. The summed E-state index contributed by atoms with van der Waals surface area (Å²) < 4.78 is 5.29. The molecule has 68 valence electrons.